The van der Waals surface area contributed by atoms with Gasteiger partial charge in [-0.15, -0.1) is 0 Å². The number of nitrogens with zero attached hydrogens (tertiary/aromatic N) is 3. The number of benzene rings is 1. The standard InChI is InChI=1S/C26H28N4O2/c1-16-13-28-24-21(16)12-18(15-29-24)17-10-19-14-27-8-7-20(19)22(11-17)23-6-5-9-30(23)25(31)32-26(2,3)4/h7-8,10-15,23H,5-6,9H2,1-4H3,(H,28,29)/t23-/m0/s1. The molecule has 6 heteroatoms. The zero-order valence-electron chi connectivity index (χ0n) is 19.0. The molecule has 32 heavy (non-hydrogen) atoms. The molecule has 1 fully saturated rings. The summed E-state index contributed by atoms with van der Waals surface area (Å²) in [5.74, 6) is 0. The number of fused-ring (bicyclic) bond motifs is 2. The van der Waals surface area contributed by atoms with E-state index < -0.39 is 5.60 Å². The number of ether oxygens (including phenoxy) is 1. The van der Waals surface area contributed by atoms with Crippen LogP contribution in [0, 0.1) is 6.92 Å². The maximum absolute atomic E-state index is 13.0. The highest BCUT2D eigenvalue weighted by Gasteiger charge is 2.34. The summed E-state index contributed by atoms with van der Waals surface area (Å²) in [5, 5.41) is 3.30. The van der Waals surface area contributed by atoms with E-state index in [-0.39, 0.29) is 12.1 Å². The van der Waals surface area contributed by atoms with Crippen LogP contribution < -0.4 is 0 Å². The molecule has 4 heterocycles. The van der Waals surface area contributed by atoms with Crippen LogP contribution in [0.5, 0.6) is 0 Å². The van der Waals surface area contributed by atoms with E-state index >= 15 is 0 Å². The minimum atomic E-state index is -0.520. The van der Waals surface area contributed by atoms with E-state index in [4.69, 9.17) is 4.74 Å². The molecule has 5 rings (SSSR count). The fourth-order valence-electron chi connectivity index (χ4n) is 4.60. The van der Waals surface area contributed by atoms with Gasteiger partial charge in [0.05, 0.1) is 6.04 Å². The van der Waals surface area contributed by atoms with Crippen LogP contribution in [0.2, 0.25) is 0 Å². The summed E-state index contributed by atoms with van der Waals surface area (Å²) in [7, 11) is 0. The monoisotopic (exact) mass is 428 g/mol. The summed E-state index contributed by atoms with van der Waals surface area (Å²) in [6.45, 7) is 8.50. The van der Waals surface area contributed by atoms with Gasteiger partial charge in [-0.25, -0.2) is 9.78 Å². The third-order valence-corrected chi connectivity index (χ3v) is 6.10. The van der Waals surface area contributed by atoms with Gasteiger partial charge in [0.25, 0.3) is 0 Å². The third-order valence-electron chi connectivity index (χ3n) is 6.10. The Hall–Kier alpha value is -3.41. The van der Waals surface area contributed by atoms with E-state index in [1.54, 1.807) is 0 Å². The van der Waals surface area contributed by atoms with Gasteiger partial charge in [-0.1, -0.05) is 0 Å². The number of aromatic amines is 1. The van der Waals surface area contributed by atoms with Gasteiger partial charge in [0, 0.05) is 47.7 Å². The Morgan fingerprint density at radius 2 is 2.00 bits per heavy atom. The van der Waals surface area contributed by atoms with Crippen molar-refractivity contribution in [3.05, 3.63) is 60.2 Å². The number of aryl methyl sites for hydroxylation is 1. The maximum Gasteiger partial charge on any atom is 0.410 e. The highest BCUT2D eigenvalue weighted by atomic mass is 16.6. The lowest BCUT2D eigenvalue weighted by atomic mass is 9.93. The van der Waals surface area contributed by atoms with E-state index in [0.29, 0.717) is 6.54 Å². The first-order valence-electron chi connectivity index (χ1n) is 11.1. The van der Waals surface area contributed by atoms with Gasteiger partial charge in [-0.3, -0.25) is 4.98 Å². The Kier molecular flexibility index (Phi) is 4.88. The number of carbonyl (C=O) groups excluding carboxylic acids is 1. The zero-order chi connectivity index (χ0) is 22.5. The Morgan fingerprint density at radius 3 is 2.81 bits per heavy atom. The maximum atomic E-state index is 13.0. The molecular formula is C26H28N4O2. The van der Waals surface area contributed by atoms with E-state index in [1.807, 2.05) is 56.5 Å². The number of nitrogens with one attached hydrogen (secondary N) is 1. The van der Waals surface area contributed by atoms with Crippen molar-refractivity contribution in [1.82, 2.24) is 19.9 Å². The number of amides is 1. The Bertz CT molecular complexity index is 1320. The predicted octanol–water partition coefficient (Wildman–Crippen LogP) is 6.16. The molecule has 0 unspecified atom stereocenters. The molecule has 1 atom stereocenters. The summed E-state index contributed by atoms with van der Waals surface area (Å²) in [4.78, 5) is 27.0. The smallest absolute Gasteiger partial charge is 0.410 e. The molecule has 0 spiro atoms. The summed E-state index contributed by atoms with van der Waals surface area (Å²) in [5.41, 5.74) is 4.80. The van der Waals surface area contributed by atoms with Crippen LogP contribution in [0.25, 0.3) is 32.9 Å². The molecular weight excluding hydrogens is 400 g/mol. The number of likely N-dealkylation sites (tertiary alicyclic amines) is 1. The van der Waals surface area contributed by atoms with Gasteiger partial charge in [-0.2, -0.15) is 0 Å². The van der Waals surface area contributed by atoms with Crippen LogP contribution in [0.1, 0.15) is 50.8 Å². The van der Waals surface area contributed by atoms with Crippen LogP contribution in [-0.2, 0) is 4.74 Å². The van der Waals surface area contributed by atoms with Crippen molar-refractivity contribution >= 4 is 27.9 Å². The summed E-state index contributed by atoms with van der Waals surface area (Å²) < 4.78 is 5.71. The lowest BCUT2D eigenvalue weighted by molar-refractivity contribution is 0.0225. The highest BCUT2D eigenvalue weighted by molar-refractivity contribution is 5.92. The van der Waals surface area contributed by atoms with Crippen molar-refractivity contribution in [2.24, 2.45) is 0 Å². The second kappa shape index (κ2) is 7.62. The number of hydrogen-bond acceptors (Lipinski definition) is 4. The molecule has 1 amide bonds. The molecule has 0 saturated carbocycles. The largest absolute Gasteiger partial charge is 0.444 e. The fourth-order valence-corrected chi connectivity index (χ4v) is 4.60. The molecule has 1 aliphatic heterocycles. The summed E-state index contributed by atoms with van der Waals surface area (Å²) >= 11 is 0. The van der Waals surface area contributed by atoms with Crippen molar-refractivity contribution < 1.29 is 9.53 Å². The molecule has 0 radical (unpaired) electrons. The molecule has 1 aliphatic rings. The normalized spacial score (nSPS) is 16.8. The minimum absolute atomic E-state index is 0.0274. The second-order valence-electron chi connectivity index (χ2n) is 9.59. The van der Waals surface area contributed by atoms with E-state index in [0.717, 1.165) is 51.3 Å². The van der Waals surface area contributed by atoms with E-state index in [2.05, 4.69) is 40.1 Å². The number of rotatable bonds is 2. The number of pyridine rings is 2. The lowest BCUT2D eigenvalue weighted by Gasteiger charge is -2.29. The first kappa shape index (κ1) is 20.5. The van der Waals surface area contributed by atoms with Gasteiger partial charge in [0.15, 0.2) is 0 Å². The van der Waals surface area contributed by atoms with Crippen molar-refractivity contribution in [3.8, 4) is 11.1 Å². The van der Waals surface area contributed by atoms with Gasteiger partial charge in [0.2, 0.25) is 0 Å². The van der Waals surface area contributed by atoms with Gasteiger partial charge >= 0.3 is 6.09 Å². The van der Waals surface area contributed by atoms with Crippen molar-refractivity contribution in [2.45, 2.75) is 52.2 Å². The van der Waals surface area contributed by atoms with Gasteiger partial charge in [0.1, 0.15) is 11.2 Å². The third kappa shape index (κ3) is 3.70. The molecule has 3 aromatic heterocycles. The molecule has 1 aromatic carbocycles. The summed E-state index contributed by atoms with van der Waals surface area (Å²) in [6.07, 6.45) is 9.20. The first-order valence-corrected chi connectivity index (χ1v) is 11.1. The van der Waals surface area contributed by atoms with Crippen LogP contribution in [0.3, 0.4) is 0 Å². The molecule has 0 bridgehead atoms. The highest BCUT2D eigenvalue weighted by Crippen LogP contribution is 2.39. The minimum Gasteiger partial charge on any atom is -0.444 e. The number of H-pyrrole nitrogens is 1. The average molecular weight is 429 g/mol. The van der Waals surface area contributed by atoms with Crippen molar-refractivity contribution in [3.63, 3.8) is 0 Å². The topological polar surface area (TPSA) is 71.1 Å². The SMILES string of the molecule is Cc1c[nH]c2ncc(-c3cc([C@@H]4CCCN4C(=O)OC(C)(C)C)c4ccncc4c3)cc12. The molecule has 1 saturated heterocycles. The quantitative estimate of drug-likeness (QED) is 0.415. The van der Waals surface area contributed by atoms with Gasteiger partial charge < -0.3 is 14.6 Å². The first-order chi connectivity index (χ1) is 15.3. The Morgan fingerprint density at radius 1 is 1.16 bits per heavy atom. The number of aromatic nitrogens is 3. The lowest BCUT2D eigenvalue weighted by Crippen LogP contribution is -2.36. The van der Waals surface area contributed by atoms with Crippen LogP contribution in [-0.4, -0.2) is 38.1 Å². The molecule has 4 aromatic rings. The van der Waals surface area contributed by atoms with Crippen molar-refractivity contribution in [2.75, 3.05) is 6.54 Å². The van der Waals surface area contributed by atoms with Gasteiger partial charge in [-0.05, 0) is 86.9 Å². The molecule has 1 N–H and O–H groups in total. The predicted molar refractivity (Wildman–Crippen MR) is 126 cm³/mol. The van der Waals surface area contributed by atoms with E-state index in [1.165, 1.54) is 5.56 Å². The van der Waals surface area contributed by atoms with Crippen molar-refractivity contribution in [1.29, 1.82) is 0 Å². The zero-order valence-corrected chi connectivity index (χ0v) is 19.0. The van der Waals surface area contributed by atoms with Crippen LogP contribution in [0.15, 0.2) is 49.1 Å². The van der Waals surface area contributed by atoms with Crippen LogP contribution in [0.4, 0.5) is 4.79 Å². The summed E-state index contributed by atoms with van der Waals surface area (Å²) in [6, 6.07) is 8.55. The molecule has 164 valence electrons. The molecule has 6 nitrogen and oxygen atoms in total. The second-order valence-corrected chi connectivity index (χ2v) is 9.59. The van der Waals surface area contributed by atoms with Crippen LogP contribution >= 0.6 is 0 Å². The number of carbonyl (C=O) groups is 1. The average Bonchev–Trinajstić information content (AvgIpc) is 3.39. The Balaban J connectivity index is 1.62. The molecule has 0 aliphatic carbocycles. The fraction of sp³-hybridized carbons (Fsp3) is 0.346. The van der Waals surface area contributed by atoms with E-state index in [9.17, 15) is 4.79 Å². The number of hydrogen-bond donors (Lipinski definition) is 1. The Labute approximate surface area is 187 Å².